The van der Waals surface area contributed by atoms with Gasteiger partial charge in [-0.05, 0) is 31.0 Å². The van der Waals surface area contributed by atoms with E-state index < -0.39 is 11.9 Å². The van der Waals surface area contributed by atoms with E-state index >= 15 is 0 Å². The second-order valence-electron chi connectivity index (χ2n) is 4.36. The van der Waals surface area contributed by atoms with E-state index in [1.807, 2.05) is 6.92 Å². The molecule has 0 saturated carbocycles. The van der Waals surface area contributed by atoms with Crippen molar-refractivity contribution in [2.75, 3.05) is 6.61 Å². The third-order valence-electron chi connectivity index (χ3n) is 2.83. The summed E-state index contributed by atoms with van der Waals surface area (Å²) in [6, 6.07) is 7.08. The first-order chi connectivity index (χ1) is 9.08. The van der Waals surface area contributed by atoms with E-state index in [1.54, 1.807) is 31.2 Å². The number of carbonyl (C=O) groups excluding carboxylic acids is 2. The Labute approximate surface area is 118 Å². The minimum Gasteiger partial charge on any atom is -0.465 e. The van der Waals surface area contributed by atoms with Crippen molar-refractivity contribution in [3.63, 3.8) is 0 Å². The minimum absolute atomic E-state index is 0.0948. The smallest absolute Gasteiger partial charge is 0.316 e. The second-order valence-corrected chi connectivity index (χ2v) is 4.80. The standard InChI is InChI=1S/C15H19ClO3/c1-3-5-13(15(18)19-4-2)14(17)10-11-6-8-12(16)9-7-11/h6-9,13H,3-5,10H2,1-2H3. The third kappa shape index (κ3) is 5.03. The van der Waals surface area contributed by atoms with Crippen LogP contribution in [0.2, 0.25) is 5.02 Å². The van der Waals surface area contributed by atoms with Gasteiger partial charge in [0.25, 0.3) is 0 Å². The molecule has 0 amide bonds. The molecule has 0 aliphatic rings. The molecule has 104 valence electrons. The van der Waals surface area contributed by atoms with Crippen LogP contribution < -0.4 is 0 Å². The van der Waals surface area contributed by atoms with Gasteiger partial charge in [-0.2, -0.15) is 0 Å². The number of rotatable bonds is 7. The fourth-order valence-corrected chi connectivity index (χ4v) is 1.99. The topological polar surface area (TPSA) is 43.4 Å². The van der Waals surface area contributed by atoms with Gasteiger partial charge in [0.1, 0.15) is 5.92 Å². The lowest BCUT2D eigenvalue weighted by Gasteiger charge is -2.13. The highest BCUT2D eigenvalue weighted by atomic mass is 35.5. The van der Waals surface area contributed by atoms with E-state index in [2.05, 4.69) is 0 Å². The van der Waals surface area contributed by atoms with Crippen molar-refractivity contribution in [3.8, 4) is 0 Å². The summed E-state index contributed by atoms with van der Waals surface area (Å²) in [5.74, 6) is -1.16. The van der Waals surface area contributed by atoms with Crippen molar-refractivity contribution in [3.05, 3.63) is 34.9 Å². The lowest BCUT2D eigenvalue weighted by atomic mass is 9.94. The first-order valence-electron chi connectivity index (χ1n) is 6.52. The SMILES string of the molecule is CCCC(C(=O)Cc1ccc(Cl)cc1)C(=O)OCC. The highest BCUT2D eigenvalue weighted by molar-refractivity contribution is 6.30. The normalized spacial score (nSPS) is 11.9. The molecule has 0 bridgehead atoms. The van der Waals surface area contributed by atoms with Crippen LogP contribution in [0.3, 0.4) is 0 Å². The number of carbonyl (C=O) groups is 2. The maximum absolute atomic E-state index is 12.2. The number of Topliss-reactive ketones (excluding diaryl/α,β-unsaturated/α-hetero) is 1. The average molecular weight is 283 g/mol. The van der Waals surface area contributed by atoms with E-state index in [0.717, 1.165) is 12.0 Å². The zero-order valence-corrected chi connectivity index (χ0v) is 12.1. The van der Waals surface area contributed by atoms with Gasteiger partial charge in [-0.1, -0.05) is 37.1 Å². The molecule has 1 rings (SSSR count). The summed E-state index contributed by atoms with van der Waals surface area (Å²) in [4.78, 5) is 23.9. The van der Waals surface area contributed by atoms with E-state index in [4.69, 9.17) is 16.3 Å². The number of benzene rings is 1. The fourth-order valence-electron chi connectivity index (χ4n) is 1.87. The van der Waals surface area contributed by atoms with Crippen LogP contribution in [-0.4, -0.2) is 18.4 Å². The van der Waals surface area contributed by atoms with E-state index in [1.165, 1.54) is 0 Å². The Kier molecular flexibility index (Phi) is 6.57. The van der Waals surface area contributed by atoms with Crippen LogP contribution >= 0.6 is 11.6 Å². The molecule has 4 heteroatoms. The Balaban J connectivity index is 2.71. The van der Waals surface area contributed by atoms with Gasteiger partial charge in [-0.15, -0.1) is 0 Å². The van der Waals surface area contributed by atoms with Gasteiger partial charge in [0, 0.05) is 11.4 Å². The largest absolute Gasteiger partial charge is 0.465 e. The molecule has 19 heavy (non-hydrogen) atoms. The molecule has 1 unspecified atom stereocenters. The first kappa shape index (κ1) is 15.7. The molecule has 0 aromatic heterocycles. The molecule has 1 aromatic carbocycles. The number of hydrogen-bond donors (Lipinski definition) is 0. The van der Waals surface area contributed by atoms with E-state index in [-0.39, 0.29) is 12.2 Å². The van der Waals surface area contributed by atoms with Crippen molar-refractivity contribution >= 4 is 23.4 Å². The van der Waals surface area contributed by atoms with E-state index in [0.29, 0.717) is 18.1 Å². The molecule has 0 aliphatic carbocycles. The summed E-state index contributed by atoms with van der Waals surface area (Å²) in [6.07, 6.45) is 1.54. The predicted molar refractivity (Wildman–Crippen MR) is 75.2 cm³/mol. The Morgan fingerprint density at radius 2 is 1.84 bits per heavy atom. The predicted octanol–water partition coefficient (Wildman–Crippen LogP) is 3.43. The molecular weight excluding hydrogens is 264 g/mol. The van der Waals surface area contributed by atoms with Gasteiger partial charge in [0.2, 0.25) is 0 Å². The summed E-state index contributed by atoms with van der Waals surface area (Å²) < 4.78 is 4.95. The summed E-state index contributed by atoms with van der Waals surface area (Å²) in [5.41, 5.74) is 0.861. The molecule has 0 heterocycles. The van der Waals surface area contributed by atoms with E-state index in [9.17, 15) is 9.59 Å². The number of hydrogen-bond acceptors (Lipinski definition) is 3. The zero-order valence-electron chi connectivity index (χ0n) is 11.3. The molecule has 1 aromatic rings. The molecular formula is C15H19ClO3. The van der Waals surface area contributed by atoms with Gasteiger partial charge in [0.05, 0.1) is 6.61 Å². The summed E-state index contributed by atoms with van der Waals surface area (Å²) >= 11 is 5.79. The van der Waals surface area contributed by atoms with Crippen molar-refractivity contribution in [2.24, 2.45) is 5.92 Å². The average Bonchev–Trinajstić information content (AvgIpc) is 2.38. The highest BCUT2D eigenvalue weighted by Gasteiger charge is 2.26. The molecule has 0 spiro atoms. The van der Waals surface area contributed by atoms with Crippen LogP contribution in [0, 0.1) is 5.92 Å². The molecule has 0 radical (unpaired) electrons. The molecule has 3 nitrogen and oxygen atoms in total. The summed E-state index contributed by atoms with van der Waals surface area (Å²) in [6.45, 7) is 3.99. The highest BCUT2D eigenvalue weighted by Crippen LogP contribution is 2.16. The monoisotopic (exact) mass is 282 g/mol. The van der Waals surface area contributed by atoms with Crippen LogP contribution in [0.1, 0.15) is 32.3 Å². The quantitative estimate of drug-likeness (QED) is 0.568. The lowest BCUT2D eigenvalue weighted by molar-refractivity contribution is -0.151. The Hall–Kier alpha value is -1.35. The number of esters is 1. The van der Waals surface area contributed by atoms with Crippen molar-refractivity contribution in [1.29, 1.82) is 0 Å². The Morgan fingerprint density at radius 1 is 1.21 bits per heavy atom. The van der Waals surface area contributed by atoms with Crippen LogP contribution in [0.5, 0.6) is 0 Å². The van der Waals surface area contributed by atoms with Gasteiger partial charge in [0.15, 0.2) is 5.78 Å². The first-order valence-corrected chi connectivity index (χ1v) is 6.90. The van der Waals surface area contributed by atoms with Gasteiger partial charge >= 0.3 is 5.97 Å². The summed E-state index contributed by atoms with van der Waals surface area (Å²) in [7, 11) is 0. The van der Waals surface area contributed by atoms with Crippen LogP contribution in [0.25, 0.3) is 0 Å². The van der Waals surface area contributed by atoms with Crippen LogP contribution in [0.4, 0.5) is 0 Å². The maximum Gasteiger partial charge on any atom is 0.316 e. The molecule has 0 aliphatic heterocycles. The Bertz CT molecular complexity index is 426. The van der Waals surface area contributed by atoms with Gasteiger partial charge in [-0.25, -0.2) is 0 Å². The van der Waals surface area contributed by atoms with Crippen molar-refractivity contribution < 1.29 is 14.3 Å². The minimum atomic E-state index is -0.652. The zero-order chi connectivity index (χ0) is 14.3. The number of halogens is 1. The van der Waals surface area contributed by atoms with Crippen molar-refractivity contribution in [1.82, 2.24) is 0 Å². The van der Waals surface area contributed by atoms with Gasteiger partial charge < -0.3 is 4.74 Å². The fraction of sp³-hybridized carbons (Fsp3) is 0.467. The van der Waals surface area contributed by atoms with Crippen LogP contribution in [-0.2, 0) is 20.7 Å². The molecule has 0 N–H and O–H groups in total. The maximum atomic E-state index is 12.2. The summed E-state index contributed by atoms with van der Waals surface area (Å²) in [5, 5.41) is 0.631. The van der Waals surface area contributed by atoms with Gasteiger partial charge in [-0.3, -0.25) is 9.59 Å². The number of ketones is 1. The number of ether oxygens (including phenoxy) is 1. The second kappa shape index (κ2) is 7.95. The Morgan fingerprint density at radius 3 is 2.37 bits per heavy atom. The third-order valence-corrected chi connectivity index (χ3v) is 3.08. The molecule has 0 fully saturated rings. The lowest BCUT2D eigenvalue weighted by Crippen LogP contribution is -2.27. The van der Waals surface area contributed by atoms with Crippen LogP contribution in [0.15, 0.2) is 24.3 Å². The molecule has 1 atom stereocenters. The van der Waals surface area contributed by atoms with Crippen molar-refractivity contribution in [2.45, 2.75) is 33.1 Å². The molecule has 0 saturated heterocycles.